The fourth-order valence-electron chi connectivity index (χ4n) is 3.50. The SMILES string of the molecule is Cn1c(C(=O)Nc2ccc(Br)cc2-c2noc(=O)[nH]2)cc2ccc(NC(=O)c3ccno3)cc21. The lowest BCUT2D eigenvalue weighted by atomic mass is 10.1. The molecule has 2 aromatic carbocycles. The number of hydrogen-bond acceptors (Lipinski definition) is 7. The normalized spacial score (nSPS) is 11.0. The van der Waals surface area contributed by atoms with Crippen molar-refractivity contribution in [2.24, 2.45) is 7.05 Å². The van der Waals surface area contributed by atoms with E-state index >= 15 is 0 Å². The lowest BCUT2D eigenvalue weighted by Crippen LogP contribution is -2.16. The number of nitrogens with one attached hydrogen (secondary N) is 3. The Balaban J connectivity index is 1.44. The van der Waals surface area contributed by atoms with Crippen molar-refractivity contribution in [1.29, 1.82) is 0 Å². The summed E-state index contributed by atoms with van der Waals surface area (Å²) in [6.45, 7) is 0. The Morgan fingerprint density at radius 1 is 1.03 bits per heavy atom. The van der Waals surface area contributed by atoms with Gasteiger partial charge < -0.3 is 19.7 Å². The second-order valence-corrected chi connectivity index (χ2v) is 8.20. The zero-order valence-electron chi connectivity index (χ0n) is 17.5. The van der Waals surface area contributed by atoms with E-state index in [9.17, 15) is 14.4 Å². The van der Waals surface area contributed by atoms with Crippen LogP contribution in [0.4, 0.5) is 11.4 Å². The molecule has 170 valence electrons. The maximum absolute atomic E-state index is 13.1. The number of carbonyl (C=O) groups is 2. The largest absolute Gasteiger partial charge is 0.439 e. The molecule has 12 heteroatoms. The summed E-state index contributed by atoms with van der Waals surface area (Å²) in [5.41, 5.74) is 2.56. The Kier molecular flexibility index (Phi) is 5.34. The molecule has 3 N–H and O–H groups in total. The van der Waals surface area contributed by atoms with E-state index in [0.717, 1.165) is 15.4 Å². The zero-order valence-corrected chi connectivity index (χ0v) is 19.0. The van der Waals surface area contributed by atoms with E-state index in [1.807, 2.05) is 0 Å². The molecule has 34 heavy (non-hydrogen) atoms. The number of aromatic nitrogens is 4. The molecule has 0 saturated carbocycles. The molecule has 0 aliphatic carbocycles. The van der Waals surface area contributed by atoms with Crippen LogP contribution in [-0.2, 0) is 7.05 Å². The van der Waals surface area contributed by atoms with Gasteiger partial charge in [-0.2, -0.15) is 0 Å². The molecule has 5 rings (SSSR count). The van der Waals surface area contributed by atoms with E-state index < -0.39 is 11.7 Å². The van der Waals surface area contributed by atoms with Crippen molar-refractivity contribution in [3.8, 4) is 11.4 Å². The Labute approximate surface area is 198 Å². The summed E-state index contributed by atoms with van der Waals surface area (Å²) in [6.07, 6.45) is 1.39. The first-order valence-corrected chi connectivity index (χ1v) is 10.7. The number of carbonyl (C=O) groups excluding carboxylic acids is 2. The highest BCUT2D eigenvalue weighted by Gasteiger charge is 2.18. The van der Waals surface area contributed by atoms with E-state index in [4.69, 9.17) is 4.52 Å². The van der Waals surface area contributed by atoms with Gasteiger partial charge in [-0.25, -0.2) is 4.79 Å². The van der Waals surface area contributed by atoms with Gasteiger partial charge in [0.15, 0.2) is 5.82 Å². The van der Waals surface area contributed by atoms with Crippen molar-refractivity contribution >= 4 is 50.0 Å². The predicted molar refractivity (Wildman–Crippen MR) is 126 cm³/mol. The molecule has 0 atom stereocenters. The number of aromatic amines is 1. The lowest BCUT2D eigenvalue weighted by Gasteiger charge is -2.10. The molecule has 0 unspecified atom stereocenters. The quantitative estimate of drug-likeness (QED) is 0.318. The van der Waals surface area contributed by atoms with Crippen molar-refractivity contribution in [3.63, 3.8) is 0 Å². The van der Waals surface area contributed by atoms with Gasteiger partial charge in [0, 0.05) is 34.2 Å². The molecule has 3 aromatic heterocycles. The fourth-order valence-corrected chi connectivity index (χ4v) is 3.87. The summed E-state index contributed by atoms with van der Waals surface area (Å²) < 4.78 is 11.9. The molecular weight excluding hydrogens is 508 g/mol. The maximum Gasteiger partial charge on any atom is 0.439 e. The second-order valence-electron chi connectivity index (χ2n) is 7.28. The molecular formula is C22H15BrN6O5. The predicted octanol–water partition coefficient (Wildman–Crippen LogP) is 3.78. The van der Waals surface area contributed by atoms with Gasteiger partial charge >= 0.3 is 5.76 Å². The van der Waals surface area contributed by atoms with Gasteiger partial charge in [-0.05, 0) is 36.4 Å². The monoisotopic (exact) mass is 522 g/mol. The van der Waals surface area contributed by atoms with Crippen LogP contribution in [0.15, 0.2) is 73.0 Å². The number of halogens is 1. The van der Waals surface area contributed by atoms with Gasteiger partial charge in [-0.3, -0.25) is 19.1 Å². The van der Waals surface area contributed by atoms with E-state index in [1.165, 1.54) is 12.3 Å². The Bertz CT molecular complexity index is 1600. The van der Waals surface area contributed by atoms with Crippen LogP contribution >= 0.6 is 15.9 Å². The van der Waals surface area contributed by atoms with E-state index in [1.54, 1.807) is 54.1 Å². The average Bonchev–Trinajstić information content (AvgIpc) is 3.56. The van der Waals surface area contributed by atoms with Crippen LogP contribution in [0.3, 0.4) is 0 Å². The summed E-state index contributed by atoms with van der Waals surface area (Å²) in [5, 5.41) is 13.6. The summed E-state index contributed by atoms with van der Waals surface area (Å²) in [4.78, 5) is 39.3. The molecule has 5 aromatic rings. The smallest absolute Gasteiger partial charge is 0.351 e. The van der Waals surface area contributed by atoms with Crippen LogP contribution in [0.2, 0.25) is 0 Å². The Morgan fingerprint density at radius 3 is 2.62 bits per heavy atom. The first-order valence-electron chi connectivity index (χ1n) is 9.88. The standard InChI is InChI=1S/C22H15BrN6O5/c1-29-16-10-13(25-21(31)18-6-7-24-33-18)4-2-11(16)8-17(29)20(30)26-15-5-3-12(23)9-14(15)19-27-22(32)34-28-19/h2-10H,1H3,(H,25,31)(H,26,30)(H,27,28,32). The number of anilines is 2. The molecule has 11 nitrogen and oxygen atoms in total. The number of amides is 2. The minimum absolute atomic E-state index is 0.0887. The number of rotatable bonds is 5. The molecule has 2 amide bonds. The molecule has 0 aliphatic heterocycles. The molecule has 0 aliphatic rings. The molecule has 0 bridgehead atoms. The topological polar surface area (TPSA) is 148 Å². The maximum atomic E-state index is 13.1. The van der Waals surface area contributed by atoms with Crippen molar-refractivity contribution in [1.82, 2.24) is 19.9 Å². The third-order valence-electron chi connectivity index (χ3n) is 5.12. The van der Waals surface area contributed by atoms with Crippen LogP contribution in [0.1, 0.15) is 21.0 Å². The first kappa shape index (κ1) is 21.4. The third kappa shape index (κ3) is 4.01. The van der Waals surface area contributed by atoms with Crippen LogP contribution in [0.5, 0.6) is 0 Å². The van der Waals surface area contributed by atoms with Gasteiger partial charge in [0.25, 0.3) is 11.8 Å². The van der Waals surface area contributed by atoms with Crippen molar-refractivity contribution in [2.45, 2.75) is 0 Å². The zero-order chi connectivity index (χ0) is 23.8. The van der Waals surface area contributed by atoms with Crippen molar-refractivity contribution in [3.05, 3.63) is 81.2 Å². The summed E-state index contributed by atoms with van der Waals surface area (Å²) in [5.74, 6) is -1.23. The minimum atomic E-state index is -0.702. The van der Waals surface area contributed by atoms with Crippen molar-refractivity contribution in [2.75, 3.05) is 10.6 Å². The fraction of sp³-hybridized carbons (Fsp3) is 0.0455. The number of benzene rings is 2. The number of fused-ring (bicyclic) bond motifs is 1. The lowest BCUT2D eigenvalue weighted by molar-refractivity contribution is 0.0986. The van der Waals surface area contributed by atoms with Crippen LogP contribution in [0.25, 0.3) is 22.3 Å². The number of nitrogens with zero attached hydrogens (tertiary/aromatic N) is 3. The highest BCUT2D eigenvalue weighted by Crippen LogP contribution is 2.30. The average molecular weight is 523 g/mol. The van der Waals surface area contributed by atoms with Crippen molar-refractivity contribution < 1.29 is 18.6 Å². The number of H-pyrrole nitrogens is 1. The molecule has 0 radical (unpaired) electrons. The van der Waals surface area contributed by atoms with Gasteiger partial charge in [-0.1, -0.05) is 32.3 Å². The van der Waals surface area contributed by atoms with Gasteiger partial charge in [0.2, 0.25) is 5.76 Å². The summed E-state index contributed by atoms with van der Waals surface area (Å²) in [7, 11) is 1.75. The van der Waals surface area contributed by atoms with Crippen LogP contribution in [0, 0.1) is 0 Å². The van der Waals surface area contributed by atoms with Gasteiger partial charge in [0.05, 0.1) is 17.4 Å². The Hall–Kier alpha value is -4.45. The molecule has 3 heterocycles. The summed E-state index contributed by atoms with van der Waals surface area (Å²) >= 11 is 3.38. The van der Waals surface area contributed by atoms with E-state index in [0.29, 0.717) is 22.6 Å². The molecule has 0 spiro atoms. The van der Waals surface area contributed by atoms with E-state index in [2.05, 4.69) is 46.4 Å². The summed E-state index contributed by atoms with van der Waals surface area (Å²) in [6, 6.07) is 13.6. The van der Waals surface area contributed by atoms with Crippen LogP contribution < -0.4 is 16.4 Å². The van der Waals surface area contributed by atoms with Crippen LogP contribution in [-0.4, -0.2) is 31.7 Å². The highest BCUT2D eigenvalue weighted by molar-refractivity contribution is 9.10. The third-order valence-corrected chi connectivity index (χ3v) is 5.62. The number of hydrogen-bond donors (Lipinski definition) is 3. The van der Waals surface area contributed by atoms with E-state index in [-0.39, 0.29) is 17.5 Å². The Morgan fingerprint density at radius 2 is 1.88 bits per heavy atom. The van der Waals surface area contributed by atoms with Gasteiger partial charge in [0.1, 0.15) is 5.69 Å². The van der Waals surface area contributed by atoms with Gasteiger partial charge in [-0.15, -0.1) is 0 Å². The second kappa shape index (κ2) is 8.48. The highest BCUT2D eigenvalue weighted by atomic mass is 79.9. The number of aryl methyl sites for hydroxylation is 1. The minimum Gasteiger partial charge on any atom is -0.351 e. The molecule has 0 fully saturated rings. The first-order chi connectivity index (χ1) is 16.4. The molecule has 0 saturated heterocycles.